The zero-order chi connectivity index (χ0) is 5.49. The van der Waals surface area contributed by atoms with Crippen LogP contribution in [0, 0.1) is 0 Å². The normalized spacial score (nSPS) is 49.3. The van der Waals surface area contributed by atoms with E-state index in [1.165, 1.54) is 0 Å². The average Bonchev–Trinajstić information content (AvgIpc) is 2.18. The molecule has 0 aliphatic carbocycles. The molecule has 0 aromatic carbocycles. The zero-order valence-corrected chi connectivity index (χ0v) is 4.35. The van der Waals surface area contributed by atoms with Crippen LogP contribution in [0.2, 0.25) is 0 Å². The Morgan fingerprint density at radius 2 is 2.29 bits per heavy atom. The summed E-state index contributed by atoms with van der Waals surface area (Å²) in [5, 5.41) is 0. The third kappa shape index (κ3) is 0.627. The second kappa shape index (κ2) is 1.18. The summed E-state index contributed by atoms with van der Waals surface area (Å²) in [5.74, 6) is 0. The molecule has 0 saturated carbocycles. The van der Waals surface area contributed by atoms with Crippen molar-refractivity contribution in [2.75, 3.05) is 6.54 Å². The minimum absolute atomic E-state index is 0.164. The van der Waals surface area contributed by atoms with Crippen molar-refractivity contribution in [3.8, 4) is 0 Å². The Kier molecular flexibility index (Phi) is 0.849. The number of hydrogen-bond donors (Lipinski definition) is 2. The third-order valence-corrected chi connectivity index (χ3v) is 1.35. The maximum absolute atomic E-state index is 5.44. The lowest BCUT2D eigenvalue weighted by atomic mass is 10.2. The topological polar surface area (TPSA) is 64.6 Å². The Balaban J connectivity index is 2.36. The van der Waals surface area contributed by atoms with E-state index in [4.69, 9.17) is 16.2 Å². The van der Waals surface area contributed by atoms with Crippen LogP contribution in [0.1, 0.15) is 6.92 Å². The van der Waals surface area contributed by atoms with E-state index in [-0.39, 0.29) is 6.10 Å². The van der Waals surface area contributed by atoms with Crippen molar-refractivity contribution in [1.29, 1.82) is 0 Å². The highest BCUT2D eigenvalue weighted by atomic mass is 16.6. The highest BCUT2D eigenvalue weighted by Crippen LogP contribution is 2.28. The number of ether oxygens (including phenoxy) is 1. The van der Waals surface area contributed by atoms with Gasteiger partial charge in [-0.2, -0.15) is 0 Å². The van der Waals surface area contributed by atoms with E-state index in [9.17, 15) is 0 Å². The monoisotopic (exact) mass is 102 g/mol. The van der Waals surface area contributed by atoms with Crippen LogP contribution in [-0.2, 0) is 4.74 Å². The van der Waals surface area contributed by atoms with Crippen molar-refractivity contribution >= 4 is 0 Å². The Bertz CT molecular complexity index is 81.8. The highest BCUT2D eigenvalue weighted by Gasteiger charge is 2.48. The van der Waals surface area contributed by atoms with Gasteiger partial charge >= 0.3 is 0 Å². The van der Waals surface area contributed by atoms with Crippen molar-refractivity contribution in [2.45, 2.75) is 18.8 Å². The van der Waals surface area contributed by atoms with Crippen LogP contribution in [0.5, 0.6) is 0 Å². The summed E-state index contributed by atoms with van der Waals surface area (Å²) in [6, 6.07) is 0. The molecule has 3 heteroatoms. The van der Waals surface area contributed by atoms with Gasteiger partial charge in [-0.15, -0.1) is 0 Å². The third-order valence-electron chi connectivity index (χ3n) is 1.35. The first-order valence-electron chi connectivity index (χ1n) is 2.36. The predicted octanol–water partition coefficient (Wildman–Crippen LogP) is -0.981. The molecule has 1 fully saturated rings. The number of epoxide rings is 1. The fourth-order valence-electron chi connectivity index (χ4n) is 0.509. The molecule has 0 aromatic heterocycles. The molecule has 0 radical (unpaired) electrons. The molecule has 0 bridgehead atoms. The maximum atomic E-state index is 5.44. The van der Waals surface area contributed by atoms with Crippen LogP contribution < -0.4 is 11.5 Å². The molecule has 0 aromatic rings. The Morgan fingerprint density at radius 1 is 1.86 bits per heavy atom. The summed E-state index contributed by atoms with van der Waals surface area (Å²) in [5.41, 5.74) is 10.2. The fourth-order valence-corrected chi connectivity index (χ4v) is 0.509. The van der Waals surface area contributed by atoms with Gasteiger partial charge in [0.05, 0.1) is 0 Å². The van der Waals surface area contributed by atoms with Crippen LogP contribution >= 0.6 is 0 Å². The van der Waals surface area contributed by atoms with Crippen LogP contribution in [0.4, 0.5) is 0 Å². The summed E-state index contributed by atoms with van der Waals surface area (Å²) in [6.07, 6.45) is 0.164. The van der Waals surface area contributed by atoms with Crippen LogP contribution in [-0.4, -0.2) is 18.4 Å². The molecule has 1 heterocycles. The summed E-state index contributed by atoms with van der Waals surface area (Å²) in [4.78, 5) is 0. The van der Waals surface area contributed by atoms with Gasteiger partial charge in [-0.05, 0) is 6.92 Å². The number of rotatable bonds is 1. The number of hydrogen-bond acceptors (Lipinski definition) is 3. The Morgan fingerprint density at radius 3 is 2.29 bits per heavy atom. The van der Waals surface area contributed by atoms with E-state index in [2.05, 4.69) is 0 Å². The molecule has 2 atom stereocenters. The molecular formula is C4H10N2O. The zero-order valence-electron chi connectivity index (χ0n) is 4.35. The van der Waals surface area contributed by atoms with E-state index in [0.29, 0.717) is 6.54 Å². The first-order chi connectivity index (χ1) is 3.19. The van der Waals surface area contributed by atoms with Crippen molar-refractivity contribution in [3.63, 3.8) is 0 Å². The van der Waals surface area contributed by atoms with Crippen molar-refractivity contribution < 1.29 is 4.74 Å². The summed E-state index contributed by atoms with van der Waals surface area (Å²) >= 11 is 0. The minimum Gasteiger partial charge on any atom is -0.349 e. The van der Waals surface area contributed by atoms with Gasteiger partial charge in [0.25, 0.3) is 0 Å². The van der Waals surface area contributed by atoms with E-state index in [0.717, 1.165) is 0 Å². The Hall–Kier alpha value is -0.120. The highest BCUT2D eigenvalue weighted by molar-refractivity contribution is 4.94. The maximum Gasteiger partial charge on any atom is 0.155 e. The van der Waals surface area contributed by atoms with Gasteiger partial charge in [0.1, 0.15) is 6.10 Å². The van der Waals surface area contributed by atoms with E-state index in [1.54, 1.807) is 0 Å². The molecule has 7 heavy (non-hydrogen) atoms. The molecule has 1 aliphatic rings. The van der Waals surface area contributed by atoms with Crippen LogP contribution in [0.3, 0.4) is 0 Å². The molecule has 4 N–H and O–H groups in total. The fraction of sp³-hybridized carbons (Fsp3) is 1.00. The molecule has 1 rings (SSSR count). The molecule has 3 nitrogen and oxygen atoms in total. The van der Waals surface area contributed by atoms with Gasteiger partial charge in [0, 0.05) is 6.54 Å². The van der Waals surface area contributed by atoms with Crippen molar-refractivity contribution in [3.05, 3.63) is 0 Å². The average molecular weight is 102 g/mol. The molecule has 1 aliphatic heterocycles. The SMILES string of the molecule is CC1OC1(N)CN. The minimum atomic E-state index is -0.472. The molecule has 0 amide bonds. The van der Waals surface area contributed by atoms with Gasteiger partial charge in [0.2, 0.25) is 0 Å². The molecular weight excluding hydrogens is 92.1 g/mol. The molecule has 42 valence electrons. The quantitative estimate of drug-likeness (QED) is 0.418. The predicted molar refractivity (Wildman–Crippen MR) is 26.5 cm³/mol. The smallest absolute Gasteiger partial charge is 0.155 e. The Labute approximate surface area is 42.6 Å². The van der Waals surface area contributed by atoms with Gasteiger partial charge in [-0.25, -0.2) is 0 Å². The lowest BCUT2D eigenvalue weighted by Crippen LogP contribution is -2.35. The number of nitrogens with two attached hydrogens (primary N) is 2. The van der Waals surface area contributed by atoms with Crippen LogP contribution in [0.15, 0.2) is 0 Å². The van der Waals surface area contributed by atoms with Gasteiger partial charge in [0.15, 0.2) is 5.72 Å². The molecule has 1 saturated heterocycles. The van der Waals surface area contributed by atoms with E-state index >= 15 is 0 Å². The lowest BCUT2D eigenvalue weighted by molar-refractivity contribution is 0.306. The second-order valence-electron chi connectivity index (χ2n) is 1.92. The van der Waals surface area contributed by atoms with E-state index < -0.39 is 5.72 Å². The van der Waals surface area contributed by atoms with Crippen molar-refractivity contribution in [1.82, 2.24) is 0 Å². The summed E-state index contributed by atoms with van der Waals surface area (Å²) < 4.78 is 4.91. The van der Waals surface area contributed by atoms with Crippen molar-refractivity contribution in [2.24, 2.45) is 11.5 Å². The molecule has 2 unspecified atom stereocenters. The van der Waals surface area contributed by atoms with Gasteiger partial charge < -0.3 is 16.2 Å². The lowest BCUT2D eigenvalue weighted by Gasteiger charge is -1.95. The standard InChI is InChI=1S/C4H10N2O/c1-3-4(6,2-5)7-3/h3H,2,5-6H2,1H3. The first-order valence-corrected chi connectivity index (χ1v) is 2.36. The molecule has 0 spiro atoms. The second-order valence-corrected chi connectivity index (χ2v) is 1.92. The van der Waals surface area contributed by atoms with Gasteiger partial charge in [-0.3, -0.25) is 0 Å². The summed E-state index contributed by atoms with van der Waals surface area (Å²) in [6.45, 7) is 2.33. The van der Waals surface area contributed by atoms with Crippen LogP contribution in [0.25, 0.3) is 0 Å². The largest absolute Gasteiger partial charge is 0.349 e. The van der Waals surface area contributed by atoms with Gasteiger partial charge in [-0.1, -0.05) is 0 Å². The van der Waals surface area contributed by atoms with E-state index in [1.807, 2.05) is 6.92 Å². The summed E-state index contributed by atoms with van der Waals surface area (Å²) in [7, 11) is 0. The first kappa shape index (κ1) is 5.03.